The summed E-state index contributed by atoms with van der Waals surface area (Å²) in [7, 11) is 0. The van der Waals surface area contributed by atoms with E-state index in [1.165, 1.54) is 72.4 Å². The molecule has 0 fully saturated rings. The van der Waals surface area contributed by atoms with Gasteiger partial charge in [-0.3, -0.25) is 0 Å². The van der Waals surface area contributed by atoms with Crippen LogP contribution in [-0.2, 0) is 11.8 Å². The molecule has 0 amide bonds. The number of anilines is 3. The van der Waals surface area contributed by atoms with E-state index in [9.17, 15) is 0 Å². The monoisotopic (exact) mass is 683 g/mol. The molecule has 0 atom stereocenters. The van der Waals surface area contributed by atoms with Gasteiger partial charge in [0, 0.05) is 52.0 Å². The van der Waals surface area contributed by atoms with Crippen LogP contribution in [0.5, 0.6) is 0 Å². The highest BCUT2D eigenvalue weighted by molar-refractivity contribution is 5.94. The fourth-order valence-corrected chi connectivity index (χ4v) is 8.81. The molecule has 53 heavy (non-hydrogen) atoms. The average Bonchev–Trinajstić information content (AvgIpc) is 3.67. The van der Waals surface area contributed by atoms with Gasteiger partial charge in [0.1, 0.15) is 0 Å². The number of dihydropyridines is 1. The van der Waals surface area contributed by atoms with Crippen molar-refractivity contribution in [1.29, 1.82) is 0 Å². The third kappa shape index (κ3) is 5.18. The molecule has 0 saturated carbocycles. The van der Waals surface area contributed by atoms with Crippen molar-refractivity contribution in [3.8, 4) is 27.9 Å². The van der Waals surface area contributed by atoms with E-state index in [0.29, 0.717) is 0 Å². The molecule has 3 heteroatoms. The van der Waals surface area contributed by atoms with E-state index in [4.69, 9.17) is 0 Å². The maximum Gasteiger partial charge on any atom is 0.0538 e. The largest absolute Gasteiger partial charge is 0.387 e. The molecule has 7 aromatic rings. The van der Waals surface area contributed by atoms with Gasteiger partial charge < -0.3 is 14.8 Å². The van der Waals surface area contributed by atoms with Crippen LogP contribution in [0.15, 0.2) is 164 Å². The molecule has 0 radical (unpaired) electrons. The summed E-state index contributed by atoms with van der Waals surface area (Å²) in [5.74, 6) is 0. The van der Waals surface area contributed by atoms with Gasteiger partial charge in [-0.05, 0) is 130 Å². The fourth-order valence-electron chi connectivity index (χ4n) is 8.81. The van der Waals surface area contributed by atoms with Gasteiger partial charge in [0.15, 0.2) is 0 Å². The quantitative estimate of drug-likeness (QED) is 0.188. The highest BCUT2D eigenvalue weighted by Crippen LogP contribution is 2.50. The third-order valence-electron chi connectivity index (χ3n) is 11.5. The molecule has 10 rings (SSSR count). The van der Waals surface area contributed by atoms with Crippen LogP contribution in [0.3, 0.4) is 0 Å². The Balaban J connectivity index is 1.06. The lowest BCUT2D eigenvalue weighted by Crippen LogP contribution is -2.16. The summed E-state index contributed by atoms with van der Waals surface area (Å²) >= 11 is 0. The first kappa shape index (κ1) is 31.4. The topological polar surface area (TPSA) is 20.2 Å². The smallest absolute Gasteiger partial charge is 0.0538 e. The Bertz CT molecular complexity index is 2620. The van der Waals surface area contributed by atoms with Crippen molar-refractivity contribution in [2.24, 2.45) is 0 Å². The van der Waals surface area contributed by atoms with Crippen molar-refractivity contribution >= 4 is 39.6 Å². The van der Waals surface area contributed by atoms with Crippen molar-refractivity contribution in [3.63, 3.8) is 0 Å². The minimum absolute atomic E-state index is 0.0821. The van der Waals surface area contributed by atoms with Crippen molar-refractivity contribution in [1.82, 2.24) is 9.88 Å². The highest BCUT2D eigenvalue weighted by Gasteiger charge is 2.35. The number of nitrogens with zero attached hydrogens (tertiary/aromatic N) is 2. The second-order valence-electron chi connectivity index (χ2n) is 14.9. The zero-order valence-corrected chi connectivity index (χ0v) is 30.2. The van der Waals surface area contributed by atoms with Crippen LogP contribution in [0, 0.1) is 0 Å². The van der Waals surface area contributed by atoms with Gasteiger partial charge in [0.2, 0.25) is 0 Å². The number of para-hydroxylation sites is 1. The van der Waals surface area contributed by atoms with Gasteiger partial charge in [-0.15, -0.1) is 0 Å². The molecule has 6 aromatic carbocycles. The first-order valence-electron chi connectivity index (χ1n) is 18.8. The number of rotatable bonds is 6. The highest BCUT2D eigenvalue weighted by atomic mass is 15.1. The number of hydrogen-bond acceptors (Lipinski definition) is 2. The van der Waals surface area contributed by atoms with Gasteiger partial charge in [0.25, 0.3) is 0 Å². The summed E-state index contributed by atoms with van der Waals surface area (Å²) in [5, 5.41) is 4.69. The normalized spacial score (nSPS) is 15.0. The standard InChI is InChI=1S/C50H41N3/c1-50(2)46-16-8-6-14-42(46)43-28-27-41(32-47(43)50)52(40-25-20-35(21-26-40)37-11-10-30-51-33-37)39-23-18-34(19-24-39)36-22-29-49-45(31-36)44-15-7-9-17-48(44)53(49)38-12-4-3-5-13-38/h3-6,8-14,16-29,31-33,51H,7,15,30H2,1-2H3. The first-order chi connectivity index (χ1) is 26.0. The minimum atomic E-state index is -0.0821. The van der Waals surface area contributed by atoms with E-state index in [1.54, 1.807) is 0 Å². The lowest BCUT2D eigenvalue weighted by molar-refractivity contribution is 0.660. The average molecular weight is 684 g/mol. The summed E-state index contributed by atoms with van der Waals surface area (Å²) in [4.78, 5) is 2.40. The van der Waals surface area contributed by atoms with Crippen molar-refractivity contribution in [3.05, 3.63) is 192 Å². The van der Waals surface area contributed by atoms with Crippen LogP contribution in [0.2, 0.25) is 0 Å². The summed E-state index contributed by atoms with van der Waals surface area (Å²) in [6.07, 6.45) is 13.2. The minimum Gasteiger partial charge on any atom is -0.387 e. The van der Waals surface area contributed by atoms with Crippen LogP contribution in [-0.4, -0.2) is 11.1 Å². The number of allylic oxidation sites excluding steroid dienone is 3. The number of nitrogens with one attached hydrogen (secondary N) is 1. The van der Waals surface area contributed by atoms with Gasteiger partial charge in [-0.1, -0.05) is 111 Å². The number of benzene rings is 6. The van der Waals surface area contributed by atoms with E-state index in [0.717, 1.165) is 36.4 Å². The van der Waals surface area contributed by atoms with E-state index in [-0.39, 0.29) is 5.41 Å². The second-order valence-corrected chi connectivity index (χ2v) is 14.9. The lowest BCUT2D eigenvalue weighted by atomic mass is 9.82. The zero-order valence-electron chi connectivity index (χ0n) is 30.2. The molecule has 1 aromatic heterocycles. The maximum absolute atomic E-state index is 3.35. The Kier molecular flexibility index (Phi) is 7.36. The number of hydrogen-bond donors (Lipinski definition) is 1. The zero-order chi connectivity index (χ0) is 35.5. The number of aryl methyl sites for hydroxylation is 1. The molecule has 0 spiro atoms. The third-order valence-corrected chi connectivity index (χ3v) is 11.5. The van der Waals surface area contributed by atoms with E-state index >= 15 is 0 Å². The predicted octanol–water partition coefficient (Wildman–Crippen LogP) is 12.5. The second kappa shape index (κ2) is 12.4. The summed E-state index contributed by atoms with van der Waals surface area (Å²) in [6, 6.07) is 51.8. The fraction of sp³-hybridized carbons (Fsp3) is 0.120. The van der Waals surface area contributed by atoms with Crippen molar-refractivity contribution in [2.45, 2.75) is 32.1 Å². The van der Waals surface area contributed by atoms with Crippen LogP contribution < -0.4 is 10.2 Å². The molecule has 0 bridgehead atoms. The van der Waals surface area contributed by atoms with Gasteiger partial charge in [0.05, 0.1) is 5.52 Å². The van der Waals surface area contributed by atoms with Crippen LogP contribution in [0.4, 0.5) is 17.1 Å². The van der Waals surface area contributed by atoms with Crippen molar-refractivity contribution < 1.29 is 0 Å². The van der Waals surface area contributed by atoms with Crippen molar-refractivity contribution in [2.75, 3.05) is 11.4 Å². The maximum atomic E-state index is 3.35. The van der Waals surface area contributed by atoms with E-state index in [2.05, 4.69) is 199 Å². The molecule has 256 valence electrons. The molecule has 2 aliphatic carbocycles. The molecule has 0 saturated heterocycles. The SMILES string of the molecule is CC1(C)c2ccccc2-c2ccc(N(c3ccc(C4=CNCC=C4)cc3)c3ccc(-c4ccc5c(c4)c4c(n5-c5ccccc5)C=CCC4)cc3)cc21. The molecule has 3 aliphatic rings. The van der Waals surface area contributed by atoms with Gasteiger partial charge in [-0.25, -0.2) is 0 Å². The Labute approximate surface area is 311 Å². The molecule has 0 unspecified atom stereocenters. The molecule has 1 aliphatic heterocycles. The summed E-state index contributed by atoms with van der Waals surface area (Å²) in [5.41, 5.74) is 18.8. The molecule has 2 heterocycles. The van der Waals surface area contributed by atoms with E-state index < -0.39 is 0 Å². The van der Waals surface area contributed by atoms with Crippen LogP contribution >= 0.6 is 0 Å². The number of fused-ring (bicyclic) bond motifs is 6. The Morgan fingerprint density at radius 1 is 0.604 bits per heavy atom. The Morgan fingerprint density at radius 2 is 1.30 bits per heavy atom. The molecule has 1 N–H and O–H groups in total. The predicted molar refractivity (Wildman–Crippen MR) is 223 cm³/mol. The van der Waals surface area contributed by atoms with Gasteiger partial charge in [-0.2, -0.15) is 0 Å². The lowest BCUT2D eigenvalue weighted by Gasteiger charge is -2.28. The first-order valence-corrected chi connectivity index (χ1v) is 18.8. The molecule has 3 nitrogen and oxygen atoms in total. The summed E-state index contributed by atoms with van der Waals surface area (Å²) < 4.78 is 2.42. The van der Waals surface area contributed by atoms with Crippen LogP contribution in [0.1, 0.15) is 48.2 Å². The molecular weight excluding hydrogens is 643 g/mol. The van der Waals surface area contributed by atoms with Crippen LogP contribution in [0.25, 0.3) is 50.5 Å². The van der Waals surface area contributed by atoms with Gasteiger partial charge >= 0.3 is 0 Å². The number of aromatic nitrogens is 1. The summed E-state index contributed by atoms with van der Waals surface area (Å²) in [6.45, 7) is 5.58. The van der Waals surface area contributed by atoms with E-state index in [1.807, 2.05) is 0 Å². The molecular formula is C50H41N3. The Morgan fingerprint density at radius 3 is 2.08 bits per heavy atom. The Hall–Kier alpha value is -6.32.